The van der Waals surface area contributed by atoms with E-state index in [4.69, 9.17) is 0 Å². The SMILES string of the molecule is CC(Br)c1cc(C(F)(F)F)ccc1F. The first-order valence-corrected chi connectivity index (χ1v) is 4.74. The number of rotatable bonds is 1. The second-order valence-electron chi connectivity index (χ2n) is 2.85. The van der Waals surface area contributed by atoms with Crippen molar-refractivity contribution in [3.05, 3.63) is 35.1 Å². The first-order chi connectivity index (χ1) is 6.32. The topological polar surface area (TPSA) is 0 Å². The molecule has 0 bridgehead atoms. The average Bonchev–Trinajstić information content (AvgIpc) is 2.02. The minimum absolute atomic E-state index is 0.0137. The third-order valence-corrected chi connectivity index (χ3v) is 2.25. The smallest absolute Gasteiger partial charge is 0.207 e. The highest BCUT2D eigenvalue weighted by Crippen LogP contribution is 2.33. The zero-order valence-electron chi connectivity index (χ0n) is 7.20. The van der Waals surface area contributed by atoms with E-state index in [9.17, 15) is 17.6 Å². The third kappa shape index (κ3) is 2.47. The molecular weight excluding hydrogens is 264 g/mol. The van der Waals surface area contributed by atoms with E-state index in [1.807, 2.05) is 0 Å². The molecule has 0 heterocycles. The number of hydrogen-bond acceptors (Lipinski definition) is 0. The molecule has 0 saturated heterocycles. The van der Waals surface area contributed by atoms with Crippen molar-refractivity contribution >= 4 is 15.9 Å². The van der Waals surface area contributed by atoms with Crippen LogP contribution in [0.15, 0.2) is 18.2 Å². The van der Waals surface area contributed by atoms with E-state index in [1.54, 1.807) is 6.92 Å². The van der Waals surface area contributed by atoms with Gasteiger partial charge < -0.3 is 0 Å². The van der Waals surface area contributed by atoms with Crippen molar-refractivity contribution in [1.29, 1.82) is 0 Å². The highest BCUT2D eigenvalue weighted by Gasteiger charge is 2.31. The molecule has 1 rings (SSSR count). The molecule has 1 aromatic rings. The number of alkyl halides is 4. The molecule has 78 valence electrons. The summed E-state index contributed by atoms with van der Waals surface area (Å²) < 4.78 is 49.7. The van der Waals surface area contributed by atoms with Gasteiger partial charge in [0.2, 0.25) is 0 Å². The van der Waals surface area contributed by atoms with E-state index in [2.05, 4.69) is 15.9 Å². The fourth-order valence-corrected chi connectivity index (χ4v) is 1.38. The van der Waals surface area contributed by atoms with Crippen LogP contribution in [0.2, 0.25) is 0 Å². The zero-order valence-corrected chi connectivity index (χ0v) is 8.79. The lowest BCUT2D eigenvalue weighted by Gasteiger charge is -2.10. The molecule has 0 spiro atoms. The Bertz CT molecular complexity index is 330. The van der Waals surface area contributed by atoms with Crippen LogP contribution in [0.4, 0.5) is 17.6 Å². The third-order valence-electron chi connectivity index (χ3n) is 1.75. The molecule has 0 aliphatic rings. The Morgan fingerprint density at radius 1 is 1.29 bits per heavy atom. The standard InChI is InChI=1S/C9H7BrF4/c1-5(10)7-4-6(9(12,13)14)2-3-8(7)11/h2-5H,1H3. The van der Waals surface area contributed by atoms with Crippen molar-refractivity contribution in [2.75, 3.05) is 0 Å². The lowest BCUT2D eigenvalue weighted by atomic mass is 10.1. The van der Waals surface area contributed by atoms with Crippen molar-refractivity contribution in [2.24, 2.45) is 0 Å². The van der Waals surface area contributed by atoms with Gasteiger partial charge in [-0.2, -0.15) is 13.2 Å². The summed E-state index contributed by atoms with van der Waals surface area (Å²) >= 11 is 3.03. The van der Waals surface area contributed by atoms with Crippen molar-refractivity contribution in [3.63, 3.8) is 0 Å². The van der Waals surface area contributed by atoms with Gasteiger partial charge in [0.1, 0.15) is 5.82 Å². The van der Waals surface area contributed by atoms with Gasteiger partial charge in [-0.05, 0) is 25.1 Å². The second-order valence-corrected chi connectivity index (χ2v) is 4.22. The molecular formula is C9H7BrF4. The van der Waals surface area contributed by atoms with Gasteiger partial charge in [-0.3, -0.25) is 0 Å². The molecule has 0 radical (unpaired) electrons. The van der Waals surface area contributed by atoms with Crippen LogP contribution in [0.1, 0.15) is 22.9 Å². The monoisotopic (exact) mass is 270 g/mol. The zero-order chi connectivity index (χ0) is 10.9. The molecule has 0 N–H and O–H groups in total. The molecule has 0 aliphatic carbocycles. The van der Waals surface area contributed by atoms with Gasteiger partial charge in [0.05, 0.1) is 5.56 Å². The minimum Gasteiger partial charge on any atom is -0.207 e. The molecule has 0 saturated carbocycles. The van der Waals surface area contributed by atoms with Crippen molar-refractivity contribution in [3.8, 4) is 0 Å². The molecule has 0 amide bonds. The van der Waals surface area contributed by atoms with Crippen LogP contribution in [0.5, 0.6) is 0 Å². The molecule has 0 fully saturated rings. The van der Waals surface area contributed by atoms with E-state index in [-0.39, 0.29) is 5.56 Å². The van der Waals surface area contributed by atoms with Crippen LogP contribution < -0.4 is 0 Å². The quantitative estimate of drug-likeness (QED) is 0.527. The maximum absolute atomic E-state index is 13.0. The van der Waals surface area contributed by atoms with Gasteiger partial charge >= 0.3 is 6.18 Å². The van der Waals surface area contributed by atoms with Crippen LogP contribution in [-0.2, 0) is 6.18 Å². The summed E-state index contributed by atoms with van der Waals surface area (Å²) in [6, 6.07) is 2.37. The molecule has 0 nitrogen and oxygen atoms in total. The molecule has 14 heavy (non-hydrogen) atoms. The van der Waals surface area contributed by atoms with Crippen LogP contribution in [0, 0.1) is 5.82 Å². The fraction of sp³-hybridized carbons (Fsp3) is 0.333. The van der Waals surface area contributed by atoms with Gasteiger partial charge in [0.25, 0.3) is 0 Å². The van der Waals surface area contributed by atoms with Crippen LogP contribution >= 0.6 is 15.9 Å². The largest absolute Gasteiger partial charge is 0.416 e. The molecule has 0 aliphatic heterocycles. The predicted octanol–water partition coefficient (Wildman–Crippen LogP) is 4.30. The Labute approximate surface area is 87.1 Å². The lowest BCUT2D eigenvalue weighted by molar-refractivity contribution is -0.137. The van der Waals surface area contributed by atoms with Crippen molar-refractivity contribution in [1.82, 2.24) is 0 Å². The fourth-order valence-electron chi connectivity index (χ4n) is 1.02. The van der Waals surface area contributed by atoms with Crippen molar-refractivity contribution < 1.29 is 17.6 Å². The number of hydrogen-bond donors (Lipinski definition) is 0. The van der Waals surface area contributed by atoms with E-state index in [1.165, 1.54) is 0 Å². The Morgan fingerprint density at radius 2 is 1.86 bits per heavy atom. The van der Waals surface area contributed by atoms with Gasteiger partial charge in [-0.15, -0.1) is 0 Å². The maximum Gasteiger partial charge on any atom is 0.416 e. The lowest BCUT2D eigenvalue weighted by Crippen LogP contribution is -2.06. The molecule has 1 aromatic carbocycles. The summed E-state index contributed by atoms with van der Waals surface area (Å²) in [5.74, 6) is -0.637. The van der Waals surface area contributed by atoms with E-state index < -0.39 is 22.4 Å². The summed E-state index contributed by atoms with van der Waals surface area (Å²) in [7, 11) is 0. The Morgan fingerprint density at radius 3 is 2.29 bits per heavy atom. The Kier molecular flexibility index (Phi) is 3.19. The van der Waals surface area contributed by atoms with Crippen LogP contribution in [-0.4, -0.2) is 0 Å². The van der Waals surface area contributed by atoms with Gasteiger partial charge in [-0.25, -0.2) is 4.39 Å². The molecule has 0 aromatic heterocycles. The first-order valence-electron chi connectivity index (χ1n) is 3.83. The van der Waals surface area contributed by atoms with E-state index in [0.29, 0.717) is 0 Å². The van der Waals surface area contributed by atoms with Gasteiger partial charge in [0, 0.05) is 10.4 Å². The molecule has 5 heteroatoms. The molecule has 1 atom stereocenters. The van der Waals surface area contributed by atoms with Crippen LogP contribution in [0.3, 0.4) is 0 Å². The van der Waals surface area contributed by atoms with Crippen LogP contribution in [0.25, 0.3) is 0 Å². The summed E-state index contributed by atoms with van der Waals surface area (Å²) in [5, 5.41) is 0. The molecule has 1 unspecified atom stereocenters. The normalized spacial score (nSPS) is 14.1. The summed E-state index contributed by atoms with van der Waals surface area (Å²) in [4.78, 5) is -0.440. The van der Waals surface area contributed by atoms with Gasteiger partial charge in [-0.1, -0.05) is 15.9 Å². The van der Waals surface area contributed by atoms with Crippen molar-refractivity contribution in [2.45, 2.75) is 17.9 Å². The highest BCUT2D eigenvalue weighted by atomic mass is 79.9. The highest BCUT2D eigenvalue weighted by molar-refractivity contribution is 9.09. The maximum atomic E-state index is 13.0. The number of halogens is 5. The first kappa shape index (κ1) is 11.5. The Balaban J connectivity index is 3.20. The number of benzene rings is 1. The minimum atomic E-state index is -4.43. The summed E-state index contributed by atoms with van der Waals surface area (Å²) in [5.41, 5.74) is -0.819. The Hall–Kier alpha value is -0.580. The van der Waals surface area contributed by atoms with E-state index >= 15 is 0 Å². The average molecular weight is 271 g/mol. The van der Waals surface area contributed by atoms with Gasteiger partial charge in [0.15, 0.2) is 0 Å². The van der Waals surface area contributed by atoms with E-state index in [0.717, 1.165) is 18.2 Å². The summed E-state index contributed by atoms with van der Waals surface area (Å²) in [6.07, 6.45) is -4.43. The predicted molar refractivity (Wildman–Crippen MR) is 48.7 cm³/mol. The summed E-state index contributed by atoms with van der Waals surface area (Å²) in [6.45, 7) is 1.57. The second kappa shape index (κ2) is 3.88.